The number of anilines is 2. The van der Waals surface area contributed by atoms with Crippen molar-refractivity contribution in [3.05, 3.63) is 84.4 Å². The minimum Gasteiger partial charge on any atom is -0.466 e. The van der Waals surface area contributed by atoms with Gasteiger partial charge in [-0.15, -0.1) is 0 Å². The van der Waals surface area contributed by atoms with Crippen molar-refractivity contribution >= 4 is 28.5 Å². The van der Waals surface area contributed by atoms with E-state index in [1.54, 1.807) is 6.92 Å². The largest absolute Gasteiger partial charge is 0.466 e. The minimum absolute atomic E-state index is 0.222. The average molecular weight is 383 g/mol. The summed E-state index contributed by atoms with van der Waals surface area (Å²) in [6, 6.07) is 25.5. The van der Waals surface area contributed by atoms with Gasteiger partial charge in [-0.2, -0.15) is 0 Å². The van der Waals surface area contributed by atoms with Crippen molar-refractivity contribution in [1.29, 1.82) is 0 Å². The van der Waals surface area contributed by atoms with Crippen molar-refractivity contribution < 1.29 is 9.53 Å². The van der Waals surface area contributed by atoms with Crippen LogP contribution in [0.3, 0.4) is 0 Å². The molecule has 3 aromatic carbocycles. The normalized spacial score (nSPS) is 10.7. The number of carbonyl (C=O) groups is 1. The van der Waals surface area contributed by atoms with E-state index in [1.807, 2.05) is 78.9 Å². The van der Waals surface area contributed by atoms with Crippen molar-refractivity contribution in [2.24, 2.45) is 0 Å². The van der Waals surface area contributed by atoms with E-state index < -0.39 is 0 Å². The lowest BCUT2D eigenvalue weighted by Crippen LogP contribution is -2.07. The zero-order valence-electron chi connectivity index (χ0n) is 16.1. The molecule has 0 saturated carbocycles. The maximum Gasteiger partial charge on any atom is 0.310 e. The molecule has 0 fully saturated rings. The van der Waals surface area contributed by atoms with Crippen LogP contribution in [-0.4, -0.2) is 22.5 Å². The molecule has 5 heteroatoms. The van der Waals surface area contributed by atoms with Gasteiger partial charge in [0.25, 0.3) is 0 Å². The van der Waals surface area contributed by atoms with Crippen LogP contribution in [0.2, 0.25) is 0 Å². The second kappa shape index (κ2) is 8.52. The van der Waals surface area contributed by atoms with Crippen LogP contribution in [0, 0.1) is 0 Å². The molecule has 1 N–H and O–H groups in total. The summed E-state index contributed by atoms with van der Waals surface area (Å²) in [5, 5.41) is 3.38. The van der Waals surface area contributed by atoms with E-state index in [4.69, 9.17) is 14.7 Å². The molecule has 0 saturated heterocycles. The second-order valence-corrected chi connectivity index (χ2v) is 6.58. The lowest BCUT2D eigenvalue weighted by molar-refractivity contribution is -0.142. The summed E-state index contributed by atoms with van der Waals surface area (Å²) in [5.41, 5.74) is 5.24. The Balaban J connectivity index is 1.65. The highest BCUT2D eigenvalue weighted by atomic mass is 16.5. The third kappa shape index (κ3) is 4.41. The average Bonchev–Trinajstić information content (AvgIpc) is 2.75. The Hall–Kier alpha value is -3.73. The number of para-hydroxylation sites is 2. The van der Waals surface area contributed by atoms with Gasteiger partial charge in [0.15, 0.2) is 5.82 Å². The summed E-state index contributed by atoms with van der Waals surface area (Å²) < 4.78 is 5.00. The zero-order valence-corrected chi connectivity index (χ0v) is 16.1. The Kier molecular flexibility index (Phi) is 5.47. The number of ether oxygens (including phenoxy) is 1. The van der Waals surface area contributed by atoms with Crippen LogP contribution in [0.1, 0.15) is 12.5 Å². The Bertz CT molecular complexity index is 1130. The van der Waals surface area contributed by atoms with Gasteiger partial charge in [0, 0.05) is 11.3 Å². The van der Waals surface area contributed by atoms with E-state index in [0.717, 1.165) is 33.5 Å². The summed E-state index contributed by atoms with van der Waals surface area (Å²) in [4.78, 5) is 21.3. The summed E-state index contributed by atoms with van der Waals surface area (Å²) in [6.07, 6.45) is 0.263. The first-order chi connectivity index (χ1) is 14.2. The molecule has 0 aliphatic carbocycles. The highest BCUT2D eigenvalue weighted by Crippen LogP contribution is 2.29. The zero-order chi connectivity index (χ0) is 20.1. The molecule has 0 spiro atoms. The first kappa shape index (κ1) is 18.6. The van der Waals surface area contributed by atoms with Gasteiger partial charge < -0.3 is 10.1 Å². The second-order valence-electron chi connectivity index (χ2n) is 6.58. The van der Waals surface area contributed by atoms with Crippen LogP contribution in [0.5, 0.6) is 0 Å². The molecule has 144 valence electrons. The number of nitrogens with one attached hydrogen (secondary N) is 1. The summed E-state index contributed by atoms with van der Waals surface area (Å²) in [7, 11) is 0. The van der Waals surface area contributed by atoms with Crippen molar-refractivity contribution in [2.75, 3.05) is 11.9 Å². The van der Waals surface area contributed by atoms with Gasteiger partial charge >= 0.3 is 5.97 Å². The van der Waals surface area contributed by atoms with Gasteiger partial charge in [-0.1, -0.05) is 54.6 Å². The van der Waals surface area contributed by atoms with Crippen LogP contribution in [0.15, 0.2) is 78.9 Å². The fraction of sp³-hybridized carbons (Fsp3) is 0.125. The first-order valence-electron chi connectivity index (χ1n) is 9.56. The van der Waals surface area contributed by atoms with Crippen LogP contribution in [0.25, 0.3) is 22.3 Å². The Morgan fingerprint density at radius 1 is 0.862 bits per heavy atom. The Labute approximate surface area is 169 Å². The summed E-state index contributed by atoms with van der Waals surface area (Å²) in [5.74, 6) is 0.466. The van der Waals surface area contributed by atoms with Crippen LogP contribution < -0.4 is 5.32 Å². The number of rotatable bonds is 6. The fourth-order valence-electron chi connectivity index (χ4n) is 3.11. The molecule has 1 aromatic heterocycles. The molecule has 0 bridgehead atoms. The van der Waals surface area contributed by atoms with E-state index in [9.17, 15) is 4.79 Å². The van der Waals surface area contributed by atoms with E-state index in [-0.39, 0.29) is 12.4 Å². The summed E-state index contributed by atoms with van der Waals surface area (Å²) in [6.45, 7) is 2.20. The molecule has 0 unspecified atom stereocenters. The fourth-order valence-corrected chi connectivity index (χ4v) is 3.11. The van der Waals surface area contributed by atoms with Gasteiger partial charge in [-0.25, -0.2) is 9.97 Å². The monoisotopic (exact) mass is 383 g/mol. The topological polar surface area (TPSA) is 64.1 Å². The number of hydrogen-bond donors (Lipinski definition) is 1. The molecular formula is C24H21N3O2. The molecule has 0 radical (unpaired) electrons. The van der Waals surface area contributed by atoms with Crippen LogP contribution in [0.4, 0.5) is 11.5 Å². The molecule has 4 aromatic rings. The number of fused-ring (bicyclic) bond motifs is 1. The lowest BCUT2D eigenvalue weighted by Gasteiger charge is -2.12. The van der Waals surface area contributed by atoms with Crippen molar-refractivity contribution in [3.63, 3.8) is 0 Å². The number of benzene rings is 3. The van der Waals surface area contributed by atoms with Crippen molar-refractivity contribution in [1.82, 2.24) is 9.97 Å². The summed E-state index contributed by atoms with van der Waals surface area (Å²) >= 11 is 0. The molecule has 0 aliphatic heterocycles. The lowest BCUT2D eigenvalue weighted by atomic mass is 10.1. The maximum atomic E-state index is 11.7. The molecule has 1 heterocycles. The Morgan fingerprint density at radius 3 is 2.21 bits per heavy atom. The van der Waals surface area contributed by atoms with Crippen molar-refractivity contribution in [2.45, 2.75) is 13.3 Å². The first-order valence-corrected chi connectivity index (χ1v) is 9.56. The number of hydrogen-bond acceptors (Lipinski definition) is 5. The molecule has 4 rings (SSSR count). The van der Waals surface area contributed by atoms with Gasteiger partial charge in [0.2, 0.25) is 0 Å². The van der Waals surface area contributed by atoms with E-state index in [2.05, 4.69) is 5.32 Å². The maximum absolute atomic E-state index is 11.7. The highest BCUT2D eigenvalue weighted by Gasteiger charge is 2.12. The van der Waals surface area contributed by atoms with Crippen LogP contribution >= 0.6 is 0 Å². The van der Waals surface area contributed by atoms with Crippen molar-refractivity contribution in [3.8, 4) is 11.3 Å². The SMILES string of the molecule is CCOC(=O)Cc1ccc(Nc2nc3ccccc3nc2-c2ccccc2)cc1. The standard InChI is InChI=1S/C24H21N3O2/c1-2-29-22(28)16-17-12-14-19(15-13-17)25-24-23(18-8-4-3-5-9-18)26-20-10-6-7-11-21(20)27-24/h3-15H,2,16H2,1H3,(H,25,27). The van der Waals surface area contributed by atoms with Gasteiger partial charge in [-0.3, -0.25) is 4.79 Å². The predicted molar refractivity (Wildman–Crippen MR) is 115 cm³/mol. The predicted octanol–water partition coefficient (Wildman–Crippen LogP) is 5.15. The number of carbonyl (C=O) groups excluding carboxylic acids is 1. The Morgan fingerprint density at radius 2 is 1.52 bits per heavy atom. The number of aromatic nitrogens is 2. The molecule has 0 amide bonds. The van der Waals surface area contributed by atoms with Gasteiger partial charge in [-0.05, 0) is 36.8 Å². The third-order valence-corrected chi connectivity index (χ3v) is 4.49. The number of nitrogens with zero attached hydrogens (tertiary/aromatic N) is 2. The van der Waals surface area contributed by atoms with E-state index >= 15 is 0 Å². The van der Waals surface area contributed by atoms with Crippen LogP contribution in [-0.2, 0) is 16.0 Å². The number of esters is 1. The molecule has 29 heavy (non-hydrogen) atoms. The third-order valence-electron chi connectivity index (χ3n) is 4.49. The molecule has 5 nitrogen and oxygen atoms in total. The van der Waals surface area contributed by atoms with E-state index in [0.29, 0.717) is 12.4 Å². The quantitative estimate of drug-likeness (QED) is 0.467. The van der Waals surface area contributed by atoms with Gasteiger partial charge in [0.1, 0.15) is 5.69 Å². The molecular weight excluding hydrogens is 362 g/mol. The van der Waals surface area contributed by atoms with E-state index in [1.165, 1.54) is 0 Å². The molecule has 0 aliphatic rings. The smallest absolute Gasteiger partial charge is 0.310 e. The highest BCUT2D eigenvalue weighted by molar-refractivity contribution is 5.84. The van der Waals surface area contributed by atoms with Gasteiger partial charge in [0.05, 0.1) is 24.1 Å². The minimum atomic E-state index is -0.222. The molecule has 0 atom stereocenters.